The second kappa shape index (κ2) is 5.10. The molecule has 0 aliphatic rings. The van der Waals surface area contributed by atoms with E-state index in [1.165, 1.54) is 6.20 Å². The van der Waals surface area contributed by atoms with Gasteiger partial charge in [-0.1, -0.05) is 29.8 Å². The smallest absolute Gasteiger partial charge is 0.257 e. The number of nitrogens with zero attached hydrogens (tertiary/aromatic N) is 1. The van der Waals surface area contributed by atoms with Gasteiger partial charge in [0.25, 0.3) is 5.91 Å². The molecule has 5 nitrogen and oxygen atoms in total. The van der Waals surface area contributed by atoms with Gasteiger partial charge in [0.2, 0.25) is 0 Å². The Morgan fingerprint density at radius 3 is 2.83 bits per heavy atom. The third-order valence-electron chi connectivity index (χ3n) is 2.63. The Labute approximate surface area is 109 Å². The number of rotatable bonds is 3. The van der Waals surface area contributed by atoms with Crippen LogP contribution in [0.1, 0.15) is 28.9 Å². The second-order valence-corrected chi connectivity index (χ2v) is 4.32. The van der Waals surface area contributed by atoms with Gasteiger partial charge >= 0.3 is 0 Å². The van der Waals surface area contributed by atoms with Crippen LogP contribution in [0.15, 0.2) is 30.5 Å². The van der Waals surface area contributed by atoms with Crippen molar-refractivity contribution < 1.29 is 4.79 Å². The van der Waals surface area contributed by atoms with Crippen molar-refractivity contribution >= 4 is 23.3 Å². The number of anilines is 1. The van der Waals surface area contributed by atoms with E-state index in [9.17, 15) is 4.79 Å². The van der Waals surface area contributed by atoms with Crippen LogP contribution in [-0.4, -0.2) is 16.1 Å². The van der Waals surface area contributed by atoms with Crippen molar-refractivity contribution in [3.63, 3.8) is 0 Å². The zero-order chi connectivity index (χ0) is 13.1. The predicted molar refractivity (Wildman–Crippen MR) is 70.3 cm³/mol. The number of nitrogens with two attached hydrogens (primary N) is 1. The van der Waals surface area contributed by atoms with Crippen LogP contribution in [0.4, 0.5) is 5.82 Å². The van der Waals surface area contributed by atoms with E-state index >= 15 is 0 Å². The molecule has 2 aromatic rings. The minimum absolute atomic E-state index is 0.208. The van der Waals surface area contributed by atoms with E-state index in [0.29, 0.717) is 10.6 Å². The number of H-pyrrole nitrogens is 1. The first kappa shape index (κ1) is 12.4. The van der Waals surface area contributed by atoms with E-state index in [0.717, 1.165) is 5.56 Å². The molecule has 1 aromatic heterocycles. The molecule has 0 aliphatic carbocycles. The molecule has 1 heterocycles. The van der Waals surface area contributed by atoms with Gasteiger partial charge in [-0.3, -0.25) is 9.89 Å². The van der Waals surface area contributed by atoms with Gasteiger partial charge in [0.05, 0.1) is 12.2 Å². The lowest BCUT2D eigenvalue weighted by molar-refractivity contribution is 0.0941. The van der Waals surface area contributed by atoms with Gasteiger partial charge in [-0.2, -0.15) is 5.10 Å². The third-order valence-corrected chi connectivity index (χ3v) is 2.98. The molecule has 94 valence electrons. The summed E-state index contributed by atoms with van der Waals surface area (Å²) in [7, 11) is 0. The van der Waals surface area contributed by atoms with Gasteiger partial charge in [-0.15, -0.1) is 0 Å². The van der Waals surface area contributed by atoms with Crippen LogP contribution in [0.2, 0.25) is 5.02 Å². The molecule has 1 atom stereocenters. The standard InChI is InChI=1S/C12H13ClN4O/c1-7(8-4-2-3-5-10(8)13)16-12(18)9-6-15-17-11(9)14/h2-7H,1H3,(H,16,18)(H3,14,15,17). The first-order valence-electron chi connectivity index (χ1n) is 5.43. The number of carbonyl (C=O) groups excluding carboxylic acids is 1. The molecule has 0 bridgehead atoms. The normalized spacial score (nSPS) is 12.1. The Balaban J connectivity index is 2.13. The van der Waals surface area contributed by atoms with E-state index in [4.69, 9.17) is 17.3 Å². The van der Waals surface area contributed by atoms with E-state index in [-0.39, 0.29) is 17.8 Å². The Morgan fingerprint density at radius 2 is 2.22 bits per heavy atom. The maximum Gasteiger partial charge on any atom is 0.257 e. The van der Waals surface area contributed by atoms with Crippen molar-refractivity contribution in [2.45, 2.75) is 13.0 Å². The summed E-state index contributed by atoms with van der Waals surface area (Å²) < 4.78 is 0. The molecule has 2 rings (SSSR count). The van der Waals surface area contributed by atoms with Crippen LogP contribution in [0.25, 0.3) is 0 Å². The predicted octanol–water partition coefficient (Wildman–Crippen LogP) is 2.14. The van der Waals surface area contributed by atoms with E-state index in [1.54, 1.807) is 6.07 Å². The minimum Gasteiger partial charge on any atom is -0.383 e. The summed E-state index contributed by atoms with van der Waals surface area (Å²) in [5.74, 6) is -0.0347. The van der Waals surface area contributed by atoms with Crippen molar-refractivity contribution in [1.82, 2.24) is 15.5 Å². The third kappa shape index (κ3) is 2.46. The summed E-state index contributed by atoms with van der Waals surface area (Å²) in [6, 6.07) is 7.16. The minimum atomic E-state index is -0.284. The lowest BCUT2D eigenvalue weighted by Gasteiger charge is -2.15. The maximum absolute atomic E-state index is 11.9. The monoisotopic (exact) mass is 264 g/mol. The summed E-state index contributed by atoms with van der Waals surface area (Å²) in [5.41, 5.74) is 6.76. The molecule has 6 heteroatoms. The number of aromatic amines is 1. The van der Waals surface area contributed by atoms with E-state index in [2.05, 4.69) is 15.5 Å². The quantitative estimate of drug-likeness (QED) is 0.794. The molecule has 18 heavy (non-hydrogen) atoms. The number of carbonyl (C=O) groups is 1. The number of halogens is 1. The van der Waals surface area contributed by atoms with Crippen molar-refractivity contribution in [2.75, 3.05) is 5.73 Å². The van der Waals surface area contributed by atoms with Crippen molar-refractivity contribution in [3.8, 4) is 0 Å². The molecule has 0 saturated carbocycles. The fraction of sp³-hybridized carbons (Fsp3) is 0.167. The Bertz CT molecular complexity index is 567. The summed E-state index contributed by atoms with van der Waals surface area (Å²) in [6.45, 7) is 1.86. The maximum atomic E-state index is 11.9. The van der Waals surface area contributed by atoms with Crippen LogP contribution < -0.4 is 11.1 Å². The molecule has 0 spiro atoms. The van der Waals surface area contributed by atoms with Crippen LogP contribution >= 0.6 is 11.6 Å². The number of hydrogen-bond donors (Lipinski definition) is 3. The van der Waals surface area contributed by atoms with Crippen molar-refractivity contribution in [3.05, 3.63) is 46.6 Å². The zero-order valence-electron chi connectivity index (χ0n) is 9.77. The van der Waals surface area contributed by atoms with Crippen LogP contribution in [-0.2, 0) is 0 Å². The highest BCUT2D eigenvalue weighted by Crippen LogP contribution is 2.22. The fourth-order valence-corrected chi connectivity index (χ4v) is 1.95. The summed E-state index contributed by atoms with van der Waals surface area (Å²) in [6.07, 6.45) is 1.39. The van der Waals surface area contributed by atoms with Crippen molar-refractivity contribution in [2.24, 2.45) is 0 Å². The molecular formula is C12H13ClN4O. The largest absolute Gasteiger partial charge is 0.383 e. The topological polar surface area (TPSA) is 83.8 Å². The van der Waals surface area contributed by atoms with Crippen LogP contribution in [0.3, 0.4) is 0 Å². The lowest BCUT2D eigenvalue weighted by Crippen LogP contribution is -2.27. The van der Waals surface area contributed by atoms with Gasteiger partial charge in [0.1, 0.15) is 11.4 Å². The Morgan fingerprint density at radius 1 is 1.50 bits per heavy atom. The number of aromatic nitrogens is 2. The van der Waals surface area contributed by atoms with Gasteiger partial charge < -0.3 is 11.1 Å². The molecule has 1 unspecified atom stereocenters. The first-order valence-corrected chi connectivity index (χ1v) is 5.81. The molecule has 4 N–H and O–H groups in total. The highest BCUT2D eigenvalue weighted by atomic mass is 35.5. The van der Waals surface area contributed by atoms with Crippen LogP contribution in [0, 0.1) is 0 Å². The molecule has 0 fully saturated rings. The van der Waals surface area contributed by atoms with Crippen molar-refractivity contribution in [1.29, 1.82) is 0 Å². The summed E-state index contributed by atoms with van der Waals surface area (Å²) in [4.78, 5) is 11.9. The summed E-state index contributed by atoms with van der Waals surface area (Å²) >= 11 is 6.06. The molecule has 0 saturated heterocycles. The van der Waals surface area contributed by atoms with Gasteiger partial charge in [0.15, 0.2) is 0 Å². The number of hydrogen-bond acceptors (Lipinski definition) is 3. The second-order valence-electron chi connectivity index (χ2n) is 3.91. The molecule has 1 amide bonds. The Kier molecular flexibility index (Phi) is 3.53. The number of nitrogens with one attached hydrogen (secondary N) is 2. The lowest BCUT2D eigenvalue weighted by atomic mass is 10.1. The average molecular weight is 265 g/mol. The highest BCUT2D eigenvalue weighted by Gasteiger charge is 2.16. The molecule has 0 aliphatic heterocycles. The van der Waals surface area contributed by atoms with E-state index < -0.39 is 0 Å². The van der Waals surface area contributed by atoms with Gasteiger partial charge in [-0.25, -0.2) is 0 Å². The molecule has 0 radical (unpaired) electrons. The number of amides is 1. The summed E-state index contributed by atoms with van der Waals surface area (Å²) in [5, 5.41) is 9.65. The zero-order valence-corrected chi connectivity index (χ0v) is 10.5. The average Bonchev–Trinajstić information content (AvgIpc) is 2.76. The van der Waals surface area contributed by atoms with Gasteiger partial charge in [-0.05, 0) is 18.6 Å². The number of benzene rings is 1. The van der Waals surface area contributed by atoms with E-state index in [1.807, 2.05) is 25.1 Å². The fourth-order valence-electron chi connectivity index (χ4n) is 1.66. The highest BCUT2D eigenvalue weighted by molar-refractivity contribution is 6.31. The Hall–Kier alpha value is -2.01. The SMILES string of the molecule is CC(NC(=O)c1cn[nH]c1N)c1ccccc1Cl. The first-order chi connectivity index (χ1) is 8.59. The molecular weight excluding hydrogens is 252 g/mol. The van der Waals surface area contributed by atoms with Crippen LogP contribution in [0.5, 0.6) is 0 Å². The molecule has 1 aromatic carbocycles. The number of nitrogen functional groups attached to an aromatic ring is 1. The van der Waals surface area contributed by atoms with Gasteiger partial charge in [0, 0.05) is 5.02 Å².